The van der Waals surface area contributed by atoms with Crippen molar-refractivity contribution < 1.29 is 4.79 Å². The molecule has 1 aliphatic rings. The van der Waals surface area contributed by atoms with Crippen molar-refractivity contribution in [3.63, 3.8) is 0 Å². The second-order valence-corrected chi connectivity index (χ2v) is 5.65. The van der Waals surface area contributed by atoms with Crippen LogP contribution in [0.1, 0.15) is 43.7 Å². The van der Waals surface area contributed by atoms with Crippen LogP contribution in [0.25, 0.3) is 0 Å². The van der Waals surface area contributed by atoms with Crippen LogP contribution in [0.3, 0.4) is 0 Å². The van der Waals surface area contributed by atoms with Crippen LogP contribution in [-0.4, -0.2) is 25.0 Å². The van der Waals surface area contributed by atoms with Crippen molar-refractivity contribution in [3.05, 3.63) is 35.4 Å². The van der Waals surface area contributed by atoms with E-state index in [1.807, 2.05) is 0 Å². The zero-order valence-electron chi connectivity index (χ0n) is 11.9. The molecule has 0 radical (unpaired) electrons. The number of amides is 1. The molecule has 1 saturated carbocycles. The van der Waals surface area contributed by atoms with E-state index in [4.69, 9.17) is 0 Å². The molecule has 0 unspecified atom stereocenters. The van der Waals surface area contributed by atoms with E-state index >= 15 is 0 Å². The van der Waals surface area contributed by atoms with Crippen LogP contribution in [0.2, 0.25) is 0 Å². The van der Waals surface area contributed by atoms with Crippen LogP contribution in [-0.2, 0) is 11.2 Å². The molecule has 0 aromatic heterocycles. The minimum Gasteiger partial charge on any atom is -0.355 e. The first-order valence-electron chi connectivity index (χ1n) is 7.24. The fourth-order valence-electron chi connectivity index (χ4n) is 2.00. The Labute approximate surface area is 115 Å². The zero-order valence-corrected chi connectivity index (χ0v) is 11.9. The molecule has 0 saturated heterocycles. The van der Waals surface area contributed by atoms with Gasteiger partial charge in [-0.1, -0.05) is 38.1 Å². The lowest BCUT2D eigenvalue weighted by molar-refractivity contribution is -0.120. The summed E-state index contributed by atoms with van der Waals surface area (Å²) in [6, 6.07) is 9.26. The van der Waals surface area contributed by atoms with Gasteiger partial charge in [0.1, 0.15) is 0 Å². The highest BCUT2D eigenvalue weighted by molar-refractivity contribution is 5.78. The average molecular weight is 260 g/mol. The van der Waals surface area contributed by atoms with E-state index in [1.165, 1.54) is 24.0 Å². The fourth-order valence-corrected chi connectivity index (χ4v) is 2.00. The molecule has 2 N–H and O–H groups in total. The van der Waals surface area contributed by atoms with Crippen molar-refractivity contribution in [1.29, 1.82) is 0 Å². The predicted octanol–water partition coefficient (Wildman–Crippen LogP) is 2.22. The van der Waals surface area contributed by atoms with Gasteiger partial charge in [0.05, 0.1) is 6.54 Å². The Balaban J connectivity index is 1.65. The van der Waals surface area contributed by atoms with Gasteiger partial charge in [0.25, 0.3) is 0 Å². The highest BCUT2D eigenvalue weighted by Crippen LogP contribution is 2.18. The van der Waals surface area contributed by atoms with Gasteiger partial charge in [0, 0.05) is 12.6 Å². The van der Waals surface area contributed by atoms with Gasteiger partial charge in [-0.15, -0.1) is 0 Å². The highest BCUT2D eigenvalue weighted by Gasteiger charge is 2.20. The second-order valence-electron chi connectivity index (χ2n) is 5.65. The minimum absolute atomic E-state index is 0.103. The maximum absolute atomic E-state index is 11.5. The van der Waals surface area contributed by atoms with Gasteiger partial charge in [-0.25, -0.2) is 0 Å². The summed E-state index contributed by atoms with van der Waals surface area (Å²) >= 11 is 0. The average Bonchev–Trinajstić information content (AvgIpc) is 3.21. The molecule has 0 spiro atoms. The summed E-state index contributed by atoms with van der Waals surface area (Å²) < 4.78 is 0. The van der Waals surface area contributed by atoms with Crippen LogP contribution in [0, 0.1) is 0 Å². The molecule has 104 valence electrons. The van der Waals surface area contributed by atoms with E-state index in [0.29, 0.717) is 25.0 Å². The van der Waals surface area contributed by atoms with Crippen LogP contribution >= 0.6 is 0 Å². The standard InChI is InChI=1S/C16H24N2O/c1-12(2)14-5-3-13(4-6-14)9-10-17-16(19)11-18-15-7-8-15/h3-6,12,15,18H,7-11H2,1-2H3,(H,17,19). The van der Waals surface area contributed by atoms with Gasteiger partial charge in [-0.05, 0) is 36.3 Å². The largest absolute Gasteiger partial charge is 0.355 e. The molecule has 0 aliphatic heterocycles. The summed E-state index contributed by atoms with van der Waals surface area (Å²) in [7, 11) is 0. The quantitative estimate of drug-likeness (QED) is 0.789. The van der Waals surface area contributed by atoms with Gasteiger partial charge in [0.2, 0.25) is 5.91 Å². The molecule has 1 amide bonds. The van der Waals surface area contributed by atoms with Gasteiger partial charge in [0.15, 0.2) is 0 Å². The van der Waals surface area contributed by atoms with Crippen molar-refractivity contribution in [1.82, 2.24) is 10.6 Å². The number of benzene rings is 1. The van der Waals surface area contributed by atoms with Gasteiger partial charge in [-0.3, -0.25) is 4.79 Å². The third kappa shape index (κ3) is 5.03. The molecule has 1 aromatic carbocycles. The lowest BCUT2D eigenvalue weighted by atomic mass is 10.0. The summed E-state index contributed by atoms with van der Waals surface area (Å²) in [6.07, 6.45) is 3.33. The van der Waals surface area contributed by atoms with Gasteiger partial charge >= 0.3 is 0 Å². The monoisotopic (exact) mass is 260 g/mol. The lowest BCUT2D eigenvalue weighted by Gasteiger charge is -2.08. The van der Waals surface area contributed by atoms with E-state index in [-0.39, 0.29) is 5.91 Å². The second kappa shape index (κ2) is 6.71. The first-order chi connectivity index (χ1) is 9.15. The normalized spacial score (nSPS) is 14.7. The van der Waals surface area contributed by atoms with Crippen LogP contribution in [0.15, 0.2) is 24.3 Å². The van der Waals surface area contributed by atoms with Gasteiger partial charge in [-0.2, -0.15) is 0 Å². The fraction of sp³-hybridized carbons (Fsp3) is 0.562. The lowest BCUT2D eigenvalue weighted by Crippen LogP contribution is -2.35. The molecular formula is C16H24N2O. The minimum atomic E-state index is 0.103. The number of carbonyl (C=O) groups is 1. The third-order valence-corrected chi connectivity index (χ3v) is 3.51. The van der Waals surface area contributed by atoms with E-state index in [9.17, 15) is 4.79 Å². The Morgan fingerprint density at radius 2 is 1.95 bits per heavy atom. The molecule has 3 nitrogen and oxygen atoms in total. The van der Waals surface area contributed by atoms with Crippen molar-refractivity contribution >= 4 is 5.91 Å². The number of nitrogens with one attached hydrogen (secondary N) is 2. The first-order valence-corrected chi connectivity index (χ1v) is 7.24. The molecule has 1 aliphatic carbocycles. The maximum atomic E-state index is 11.5. The number of hydrogen-bond donors (Lipinski definition) is 2. The van der Waals surface area contributed by atoms with Crippen LogP contribution < -0.4 is 10.6 Å². The maximum Gasteiger partial charge on any atom is 0.233 e. The number of rotatable bonds is 7. The molecule has 1 aromatic rings. The molecular weight excluding hydrogens is 236 g/mol. The molecule has 0 heterocycles. The molecule has 1 fully saturated rings. The molecule has 0 atom stereocenters. The predicted molar refractivity (Wildman–Crippen MR) is 78.3 cm³/mol. The summed E-state index contributed by atoms with van der Waals surface area (Å²) in [6.45, 7) is 5.56. The van der Waals surface area contributed by atoms with E-state index in [1.54, 1.807) is 0 Å². The molecule has 3 heteroatoms. The SMILES string of the molecule is CC(C)c1ccc(CCNC(=O)CNC2CC2)cc1. The van der Waals surface area contributed by atoms with Crippen molar-refractivity contribution in [3.8, 4) is 0 Å². The van der Waals surface area contributed by atoms with E-state index in [0.717, 1.165) is 6.42 Å². The Bertz CT molecular complexity index is 407. The summed E-state index contributed by atoms with van der Waals surface area (Å²) in [5, 5.41) is 6.16. The first kappa shape index (κ1) is 14.1. The summed E-state index contributed by atoms with van der Waals surface area (Å²) in [5.74, 6) is 0.674. The number of carbonyl (C=O) groups excluding carboxylic acids is 1. The third-order valence-electron chi connectivity index (χ3n) is 3.51. The van der Waals surface area contributed by atoms with E-state index < -0.39 is 0 Å². The van der Waals surface area contributed by atoms with Gasteiger partial charge < -0.3 is 10.6 Å². The van der Waals surface area contributed by atoms with Crippen LogP contribution in [0.5, 0.6) is 0 Å². The summed E-state index contributed by atoms with van der Waals surface area (Å²) in [4.78, 5) is 11.5. The Morgan fingerprint density at radius 3 is 2.53 bits per heavy atom. The van der Waals surface area contributed by atoms with Crippen LogP contribution in [0.4, 0.5) is 0 Å². The van der Waals surface area contributed by atoms with Crippen molar-refractivity contribution in [2.24, 2.45) is 0 Å². The Hall–Kier alpha value is -1.35. The van der Waals surface area contributed by atoms with Crippen molar-refractivity contribution in [2.75, 3.05) is 13.1 Å². The Morgan fingerprint density at radius 1 is 1.26 bits per heavy atom. The number of hydrogen-bond acceptors (Lipinski definition) is 2. The molecule has 19 heavy (non-hydrogen) atoms. The smallest absolute Gasteiger partial charge is 0.233 e. The van der Waals surface area contributed by atoms with E-state index in [2.05, 4.69) is 48.7 Å². The zero-order chi connectivity index (χ0) is 13.7. The molecule has 2 rings (SSSR count). The molecule has 0 bridgehead atoms. The highest BCUT2D eigenvalue weighted by atomic mass is 16.1. The summed E-state index contributed by atoms with van der Waals surface area (Å²) in [5.41, 5.74) is 2.64. The van der Waals surface area contributed by atoms with Crippen molar-refractivity contribution in [2.45, 2.75) is 45.1 Å². The Kier molecular flexibility index (Phi) is 4.97. The topological polar surface area (TPSA) is 41.1 Å².